The Bertz CT molecular complexity index is 126. The van der Waals surface area contributed by atoms with Crippen LogP contribution in [0.2, 0.25) is 0 Å². The molecule has 0 bridgehead atoms. The molecule has 1 rings (SSSR count). The molecule has 0 aliphatic carbocycles. The fraction of sp³-hybridized carbons (Fsp3) is 0.889. The van der Waals surface area contributed by atoms with E-state index in [0.717, 1.165) is 0 Å². The van der Waals surface area contributed by atoms with Crippen molar-refractivity contribution >= 4 is 0 Å². The van der Waals surface area contributed by atoms with Gasteiger partial charge in [-0.1, -0.05) is 20.8 Å². The smallest absolute Gasteiger partial charge is 0.162 e. The van der Waals surface area contributed by atoms with Crippen molar-refractivity contribution in [1.82, 2.24) is 0 Å². The topological polar surface area (TPSA) is 18.5 Å². The Morgan fingerprint density at radius 3 is 2.36 bits per heavy atom. The molecule has 2 unspecified atom stereocenters. The Labute approximate surface area is 68.9 Å². The largest absolute Gasteiger partial charge is 0.349 e. The fourth-order valence-electron chi connectivity index (χ4n) is 1.03. The van der Waals surface area contributed by atoms with E-state index >= 15 is 0 Å². The standard InChI is InChI=1S/C9H16O2/c1-5-7-6-10-8(11-7)9(2,3)4/h1,7-8H,5-6H2,2-4H3. The van der Waals surface area contributed by atoms with Crippen molar-refractivity contribution in [1.29, 1.82) is 0 Å². The Balaban J connectivity index is 2.42. The molecule has 0 amide bonds. The van der Waals surface area contributed by atoms with Gasteiger partial charge in [-0.3, -0.25) is 0 Å². The molecular formula is C9H16O2. The molecule has 0 aromatic rings. The molecule has 2 nitrogen and oxygen atoms in total. The monoisotopic (exact) mass is 156 g/mol. The third-order valence-corrected chi connectivity index (χ3v) is 1.72. The second-order valence-corrected chi connectivity index (χ2v) is 4.03. The summed E-state index contributed by atoms with van der Waals surface area (Å²) in [5, 5.41) is 0. The molecule has 0 aromatic carbocycles. The third kappa shape index (κ3) is 2.17. The van der Waals surface area contributed by atoms with Crippen molar-refractivity contribution in [3.8, 4) is 0 Å². The van der Waals surface area contributed by atoms with Gasteiger partial charge in [0.1, 0.15) is 0 Å². The predicted molar refractivity (Wildman–Crippen MR) is 43.0 cm³/mol. The van der Waals surface area contributed by atoms with Crippen molar-refractivity contribution in [3.05, 3.63) is 6.92 Å². The SMILES string of the molecule is [CH]CC1COC(C(C)(C)C)O1. The first-order chi connectivity index (χ1) is 5.04. The van der Waals surface area contributed by atoms with Gasteiger partial charge in [0.05, 0.1) is 12.7 Å². The summed E-state index contributed by atoms with van der Waals surface area (Å²) in [5.41, 5.74) is 0.0594. The van der Waals surface area contributed by atoms with Gasteiger partial charge in [0, 0.05) is 5.41 Å². The molecule has 1 aliphatic heterocycles. The lowest BCUT2D eigenvalue weighted by Crippen LogP contribution is -2.27. The van der Waals surface area contributed by atoms with Crippen LogP contribution in [0.15, 0.2) is 0 Å². The van der Waals surface area contributed by atoms with Crippen LogP contribution >= 0.6 is 0 Å². The number of hydrogen-bond donors (Lipinski definition) is 0. The second kappa shape index (κ2) is 3.11. The van der Waals surface area contributed by atoms with E-state index in [-0.39, 0.29) is 17.8 Å². The van der Waals surface area contributed by atoms with Gasteiger partial charge in [0.2, 0.25) is 0 Å². The molecule has 0 N–H and O–H groups in total. The Morgan fingerprint density at radius 2 is 2.09 bits per heavy atom. The Hall–Kier alpha value is -0.0800. The van der Waals surface area contributed by atoms with E-state index in [1.54, 1.807) is 0 Å². The summed E-state index contributed by atoms with van der Waals surface area (Å²) in [5.74, 6) is 0. The van der Waals surface area contributed by atoms with E-state index in [4.69, 9.17) is 16.4 Å². The zero-order valence-electron chi connectivity index (χ0n) is 7.46. The molecule has 2 radical (unpaired) electrons. The second-order valence-electron chi connectivity index (χ2n) is 4.03. The Kier molecular flexibility index (Phi) is 2.55. The lowest BCUT2D eigenvalue weighted by molar-refractivity contribution is -0.123. The van der Waals surface area contributed by atoms with Crippen LogP contribution in [0.4, 0.5) is 0 Å². The summed E-state index contributed by atoms with van der Waals surface area (Å²) < 4.78 is 10.9. The zero-order chi connectivity index (χ0) is 8.48. The van der Waals surface area contributed by atoms with Crippen LogP contribution in [0.1, 0.15) is 27.2 Å². The minimum Gasteiger partial charge on any atom is -0.349 e. The van der Waals surface area contributed by atoms with E-state index < -0.39 is 0 Å². The van der Waals surface area contributed by atoms with Crippen molar-refractivity contribution in [2.24, 2.45) is 5.41 Å². The predicted octanol–water partition coefficient (Wildman–Crippen LogP) is 1.88. The molecule has 1 fully saturated rings. The molecular weight excluding hydrogens is 140 g/mol. The van der Waals surface area contributed by atoms with Gasteiger partial charge in [0.25, 0.3) is 0 Å². The summed E-state index contributed by atoms with van der Waals surface area (Å²) in [6.45, 7) is 12.4. The van der Waals surface area contributed by atoms with Crippen LogP contribution < -0.4 is 0 Å². The number of ether oxygens (including phenoxy) is 2. The molecule has 2 atom stereocenters. The highest BCUT2D eigenvalue weighted by Crippen LogP contribution is 2.29. The maximum Gasteiger partial charge on any atom is 0.162 e. The average Bonchev–Trinajstić information content (AvgIpc) is 2.32. The lowest BCUT2D eigenvalue weighted by Gasteiger charge is -2.25. The molecule has 64 valence electrons. The van der Waals surface area contributed by atoms with Crippen molar-refractivity contribution in [2.75, 3.05) is 6.61 Å². The van der Waals surface area contributed by atoms with Crippen LogP contribution in [0.5, 0.6) is 0 Å². The molecule has 0 saturated carbocycles. The first kappa shape index (κ1) is 9.01. The van der Waals surface area contributed by atoms with Crippen LogP contribution in [0, 0.1) is 12.3 Å². The van der Waals surface area contributed by atoms with Crippen molar-refractivity contribution in [3.63, 3.8) is 0 Å². The summed E-state index contributed by atoms with van der Waals surface area (Å²) in [7, 11) is 0. The Morgan fingerprint density at radius 1 is 1.45 bits per heavy atom. The minimum atomic E-state index is -0.0870. The molecule has 1 aliphatic rings. The van der Waals surface area contributed by atoms with Crippen LogP contribution in [0.25, 0.3) is 0 Å². The maximum absolute atomic E-state index is 5.53. The van der Waals surface area contributed by atoms with Gasteiger partial charge in [0.15, 0.2) is 6.29 Å². The molecule has 0 aromatic heterocycles. The molecule has 0 spiro atoms. The summed E-state index contributed by atoms with van der Waals surface area (Å²) >= 11 is 0. The van der Waals surface area contributed by atoms with E-state index in [2.05, 4.69) is 20.8 Å². The first-order valence-corrected chi connectivity index (χ1v) is 4.01. The highest BCUT2D eigenvalue weighted by atomic mass is 16.7. The van der Waals surface area contributed by atoms with Gasteiger partial charge in [-0.15, -0.1) is 0 Å². The normalized spacial score (nSPS) is 32.7. The number of hydrogen-bond acceptors (Lipinski definition) is 2. The molecule has 11 heavy (non-hydrogen) atoms. The van der Waals surface area contributed by atoms with E-state index in [1.807, 2.05) is 0 Å². The van der Waals surface area contributed by atoms with Crippen molar-refractivity contribution in [2.45, 2.75) is 39.6 Å². The van der Waals surface area contributed by atoms with E-state index in [1.165, 1.54) is 0 Å². The summed E-state index contributed by atoms with van der Waals surface area (Å²) in [4.78, 5) is 0. The maximum atomic E-state index is 5.53. The summed E-state index contributed by atoms with van der Waals surface area (Å²) in [6.07, 6.45) is 0.558. The zero-order valence-corrected chi connectivity index (χ0v) is 7.46. The van der Waals surface area contributed by atoms with Crippen LogP contribution in [-0.4, -0.2) is 19.0 Å². The van der Waals surface area contributed by atoms with Gasteiger partial charge in [-0.25, -0.2) is 0 Å². The molecule has 1 heterocycles. The minimum absolute atomic E-state index is 0.0594. The summed E-state index contributed by atoms with van der Waals surface area (Å²) in [6, 6.07) is 0. The molecule has 2 heteroatoms. The van der Waals surface area contributed by atoms with Crippen molar-refractivity contribution < 1.29 is 9.47 Å². The van der Waals surface area contributed by atoms with Crippen LogP contribution in [-0.2, 0) is 9.47 Å². The third-order valence-electron chi connectivity index (χ3n) is 1.72. The highest BCUT2D eigenvalue weighted by molar-refractivity contribution is 4.74. The quantitative estimate of drug-likeness (QED) is 0.577. The van der Waals surface area contributed by atoms with Gasteiger partial charge in [-0.2, -0.15) is 0 Å². The average molecular weight is 156 g/mol. The first-order valence-electron chi connectivity index (χ1n) is 4.01. The number of rotatable bonds is 1. The molecule has 1 saturated heterocycles. The lowest BCUT2D eigenvalue weighted by atomic mass is 9.96. The fourth-order valence-corrected chi connectivity index (χ4v) is 1.03. The van der Waals surface area contributed by atoms with Crippen LogP contribution in [0.3, 0.4) is 0 Å². The highest BCUT2D eigenvalue weighted by Gasteiger charge is 2.33. The van der Waals surface area contributed by atoms with Gasteiger partial charge in [-0.05, 0) is 13.3 Å². The van der Waals surface area contributed by atoms with E-state index in [9.17, 15) is 0 Å². The van der Waals surface area contributed by atoms with Gasteiger partial charge < -0.3 is 9.47 Å². The van der Waals surface area contributed by atoms with Gasteiger partial charge >= 0.3 is 0 Å². The van der Waals surface area contributed by atoms with E-state index in [0.29, 0.717) is 13.0 Å².